The van der Waals surface area contributed by atoms with Crippen LogP contribution in [0, 0.1) is 13.8 Å². The van der Waals surface area contributed by atoms with E-state index in [1.807, 2.05) is 0 Å². The highest BCUT2D eigenvalue weighted by atomic mass is 32.2. The summed E-state index contributed by atoms with van der Waals surface area (Å²) in [7, 11) is -3.81. The molecule has 172 valence electrons. The van der Waals surface area contributed by atoms with Crippen LogP contribution in [-0.4, -0.2) is 37.3 Å². The van der Waals surface area contributed by atoms with Crippen LogP contribution in [0.1, 0.15) is 39.0 Å². The molecule has 0 aliphatic carbocycles. The Kier molecular flexibility index (Phi) is 6.80. The Morgan fingerprint density at radius 2 is 1.61 bits per heavy atom. The molecule has 0 fully saturated rings. The van der Waals surface area contributed by atoms with Crippen LogP contribution in [-0.2, 0) is 19.6 Å². The summed E-state index contributed by atoms with van der Waals surface area (Å²) in [4.78, 5) is 36.1. The smallest absolute Gasteiger partial charge is 0.338 e. The highest BCUT2D eigenvalue weighted by molar-refractivity contribution is 7.89. The molecule has 10 heteroatoms. The highest BCUT2D eigenvalue weighted by Crippen LogP contribution is 2.22. The molecule has 1 heterocycles. The Labute approximate surface area is 191 Å². The number of hydrogen-bond donors (Lipinski definition) is 2. The first kappa shape index (κ1) is 23.9. The van der Waals surface area contributed by atoms with Crippen LogP contribution in [0.15, 0.2) is 59.5 Å². The monoisotopic (exact) mass is 469 g/mol. The Hall–Kier alpha value is -3.76. The molecule has 3 aromatic rings. The summed E-state index contributed by atoms with van der Waals surface area (Å²) in [5, 5.41) is 7.73. The van der Waals surface area contributed by atoms with E-state index in [2.05, 4.69) is 5.32 Å². The number of Topliss-reactive ketones (excluding diaryl/α,β-unsaturated/α-hetero) is 1. The van der Waals surface area contributed by atoms with E-state index < -0.39 is 22.6 Å². The Bertz CT molecular complexity index is 1320. The lowest BCUT2D eigenvalue weighted by molar-refractivity contribution is -0.114. The first-order valence-electron chi connectivity index (χ1n) is 9.87. The number of aromatic nitrogens is 1. The fourth-order valence-electron chi connectivity index (χ4n) is 3.41. The number of ketones is 1. The maximum absolute atomic E-state index is 12.7. The molecule has 0 spiro atoms. The minimum Gasteiger partial charge on any atom is -0.454 e. The van der Waals surface area contributed by atoms with E-state index in [0.717, 1.165) is 5.69 Å². The zero-order valence-corrected chi connectivity index (χ0v) is 19.1. The zero-order valence-electron chi connectivity index (χ0n) is 18.3. The number of aryl methyl sites for hydroxylation is 1. The molecule has 0 bridgehead atoms. The lowest BCUT2D eigenvalue weighted by Crippen LogP contribution is -2.15. The van der Waals surface area contributed by atoms with Crippen molar-refractivity contribution in [2.24, 2.45) is 5.14 Å². The van der Waals surface area contributed by atoms with Gasteiger partial charge in [-0.05, 0) is 68.4 Å². The SMILES string of the molecule is CC(=O)Nc1ccc(C(=O)OCC(=O)c2cc(C)n(-c3ccc(S(N)(=O)=O)cc3)c2C)cc1. The second-order valence-electron chi connectivity index (χ2n) is 7.42. The third kappa shape index (κ3) is 5.54. The minimum absolute atomic E-state index is 0.0120. The van der Waals surface area contributed by atoms with Gasteiger partial charge in [0, 0.05) is 35.2 Å². The van der Waals surface area contributed by atoms with Gasteiger partial charge in [0.05, 0.1) is 10.5 Å². The zero-order chi connectivity index (χ0) is 24.3. The fourth-order valence-corrected chi connectivity index (χ4v) is 3.93. The summed E-state index contributed by atoms with van der Waals surface area (Å²) >= 11 is 0. The first-order chi connectivity index (χ1) is 15.5. The summed E-state index contributed by atoms with van der Waals surface area (Å²) in [6, 6.07) is 13.8. The quantitative estimate of drug-likeness (QED) is 0.403. The Morgan fingerprint density at radius 1 is 1.00 bits per heavy atom. The number of nitrogens with two attached hydrogens (primary N) is 1. The van der Waals surface area contributed by atoms with Gasteiger partial charge < -0.3 is 14.6 Å². The largest absolute Gasteiger partial charge is 0.454 e. The van der Waals surface area contributed by atoms with Crippen molar-refractivity contribution in [1.29, 1.82) is 0 Å². The van der Waals surface area contributed by atoms with E-state index in [0.29, 0.717) is 22.6 Å². The van der Waals surface area contributed by atoms with Crippen LogP contribution in [0.4, 0.5) is 5.69 Å². The van der Waals surface area contributed by atoms with Crippen molar-refractivity contribution in [2.75, 3.05) is 11.9 Å². The van der Waals surface area contributed by atoms with E-state index in [1.165, 1.54) is 31.2 Å². The number of hydrogen-bond acceptors (Lipinski definition) is 6. The number of primary sulfonamides is 1. The number of benzene rings is 2. The average molecular weight is 470 g/mol. The van der Waals surface area contributed by atoms with Crippen molar-refractivity contribution < 1.29 is 27.5 Å². The maximum Gasteiger partial charge on any atom is 0.338 e. The number of carbonyl (C=O) groups excluding carboxylic acids is 3. The topological polar surface area (TPSA) is 138 Å². The van der Waals surface area contributed by atoms with Crippen molar-refractivity contribution in [3.8, 4) is 5.69 Å². The summed E-state index contributed by atoms with van der Waals surface area (Å²) < 4.78 is 29.9. The van der Waals surface area contributed by atoms with Crippen molar-refractivity contribution in [2.45, 2.75) is 25.7 Å². The molecule has 0 saturated heterocycles. The molecular formula is C23H23N3O6S. The van der Waals surface area contributed by atoms with Gasteiger partial charge in [-0.25, -0.2) is 18.4 Å². The summed E-state index contributed by atoms with van der Waals surface area (Å²) in [6.45, 7) is 4.49. The first-order valence-corrected chi connectivity index (χ1v) is 11.4. The van der Waals surface area contributed by atoms with E-state index >= 15 is 0 Å². The lowest BCUT2D eigenvalue weighted by Gasteiger charge is -2.11. The Balaban J connectivity index is 1.72. The normalized spacial score (nSPS) is 11.2. The molecule has 0 atom stereocenters. The molecular weight excluding hydrogens is 446 g/mol. The van der Waals surface area contributed by atoms with Gasteiger partial charge in [-0.15, -0.1) is 0 Å². The van der Waals surface area contributed by atoms with Gasteiger partial charge in [0.15, 0.2) is 6.61 Å². The maximum atomic E-state index is 12.7. The van der Waals surface area contributed by atoms with Gasteiger partial charge in [0.25, 0.3) is 0 Å². The number of nitrogens with one attached hydrogen (secondary N) is 1. The molecule has 3 N–H and O–H groups in total. The van der Waals surface area contributed by atoms with Gasteiger partial charge in [-0.2, -0.15) is 0 Å². The number of rotatable bonds is 7. The van der Waals surface area contributed by atoms with Gasteiger partial charge in [0.2, 0.25) is 21.7 Å². The van der Waals surface area contributed by atoms with Gasteiger partial charge in [0.1, 0.15) is 0 Å². The predicted octanol–water partition coefficient (Wildman–Crippen LogP) is 2.74. The number of amides is 1. The van der Waals surface area contributed by atoms with Crippen LogP contribution < -0.4 is 10.5 Å². The van der Waals surface area contributed by atoms with Gasteiger partial charge in [-0.1, -0.05) is 0 Å². The second-order valence-corrected chi connectivity index (χ2v) is 8.98. The number of nitrogens with zero attached hydrogens (tertiary/aromatic N) is 1. The molecule has 2 aromatic carbocycles. The van der Waals surface area contributed by atoms with Crippen LogP contribution in [0.2, 0.25) is 0 Å². The number of carbonyl (C=O) groups is 3. The van der Waals surface area contributed by atoms with Crippen LogP contribution in [0.3, 0.4) is 0 Å². The molecule has 0 aliphatic heterocycles. The third-order valence-electron chi connectivity index (χ3n) is 4.93. The average Bonchev–Trinajstić information content (AvgIpc) is 3.05. The second kappa shape index (κ2) is 9.39. The van der Waals surface area contributed by atoms with Crippen LogP contribution >= 0.6 is 0 Å². The van der Waals surface area contributed by atoms with E-state index in [9.17, 15) is 22.8 Å². The summed E-state index contributed by atoms with van der Waals surface area (Å²) in [6.07, 6.45) is 0. The predicted molar refractivity (Wildman–Crippen MR) is 122 cm³/mol. The minimum atomic E-state index is -3.81. The van der Waals surface area contributed by atoms with E-state index in [1.54, 1.807) is 48.7 Å². The highest BCUT2D eigenvalue weighted by Gasteiger charge is 2.19. The van der Waals surface area contributed by atoms with Gasteiger partial charge >= 0.3 is 5.97 Å². The summed E-state index contributed by atoms with van der Waals surface area (Å²) in [5.41, 5.74) is 3.21. The van der Waals surface area contributed by atoms with Crippen molar-refractivity contribution in [1.82, 2.24) is 4.57 Å². The third-order valence-corrected chi connectivity index (χ3v) is 5.86. The number of ether oxygens (including phenoxy) is 1. The number of esters is 1. The molecule has 0 radical (unpaired) electrons. The molecule has 0 saturated carbocycles. The molecule has 0 aliphatic rings. The number of anilines is 1. The lowest BCUT2D eigenvalue weighted by atomic mass is 10.1. The summed E-state index contributed by atoms with van der Waals surface area (Å²) in [5.74, 6) is -1.27. The van der Waals surface area contributed by atoms with Crippen molar-refractivity contribution >= 4 is 33.4 Å². The van der Waals surface area contributed by atoms with E-state index in [-0.39, 0.29) is 22.1 Å². The Morgan fingerprint density at radius 3 is 2.15 bits per heavy atom. The molecule has 33 heavy (non-hydrogen) atoms. The molecule has 1 amide bonds. The molecule has 9 nitrogen and oxygen atoms in total. The molecule has 3 rings (SSSR count). The van der Waals surface area contributed by atoms with Crippen LogP contribution in [0.25, 0.3) is 5.69 Å². The van der Waals surface area contributed by atoms with E-state index in [4.69, 9.17) is 9.88 Å². The van der Waals surface area contributed by atoms with Crippen molar-refractivity contribution in [3.63, 3.8) is 0 Å². The van der Waals surface area contributed by atoms with Crippen molar-refractivity contribution in [3.05, 3.63) is 77.1 Å². The standard InChI is InChI=1S/C23H23N3O6S/c1-14-12-21(15(2)26(14)19-8-10-20(11-9-19)33(24,30)31)22(28)13-32-23(29)17-4-6-18(7-5-17)25-16(3)27/h4-12H,13H2,1-3H3,(H,25,27)(H2,24,30,31). The molecule has 0 unspecified atom stereocenters. The molecule has 1 aromatic heterocycles. The van der Waals surface area contributed by atoms with Gasteiger partial charge in [-0.3, -0.25) is 9.59 Å². The van der Waals surface area contributed by atoms with Crippen LogP contribution in [0.5, 0.6) is 0 Å². The fraction of sp³-hybridized carbons (Fsp3) is 0.174. The number of sulfonamides is 1.